The highest BCUT2D eigenvalue weighted by Gasteiger charge is 2.23. The predicted molar refractivity (Wildman–Crippen MR) is 149 cm³/mol. The van der Waals surface area contributed by atoms with E-state index in [0.717, 1.165) is 0 Å². The molecule has 200 valence electrons. The molecule has 3 heterocycles. The minimum Gasteiger partial charge on any atom is -0.350 e. The second-order valence-corrected chi connectivity index (χ2v) is 9.59. The highest BCUT2D eigenvalue weighted by atomic mass is 35.5. The molecule has 5 rings (SSSR count). The van der Waals surface area contributed by atoms with Crippen LogP contribution in [0.4, 0.5) is 10.3 Å². The number of amidine groups is 1. The molecule has 10 nitrogen and oxygen atoms in total. The fourth-order valence-electron chi connectivity index (χ4n) is 4.00. The largest absolute Gasteiger partial charge is 0.350 e. The van der Waals surface area contributed by atoms with Crippen LogP contribution < -0.4 is 26.9 Å². The minimum atomic E-state index is -0.478. The minimum absolute atomic E-state index is 0.0598. The second-order valence-electron chi connectivity index (χ2n) is 8.75. The average Bonchev–Trinajstić information content (AvgIpc) is 3.58. The lowest BCUT2D eigenvalue weighted by atomic mass is 9.97. The van der Waals surface area contributed by atoms with Crippen LogP contribution in [0.25, 0.3) is 24.3 Å². The van der Waals surface area contributed by atoms with E-state index in [-0.39, 0.29) is 18.2 Å². The van der Waals surface area contributed by atoms with Crippen molar-refractivity contribution in [3.05, 3.63) is 86.0 Å². The summed E-state index contributed by atoms with van der Waals surface area (Å²) in [7, 11) is 1.71. The monoisotopic (exact) mass is 568 g/mol. The third-order valence-corrected chi connectivity index (χ3v) is 6.46. The van der Waals surface area contributed by atoms with Crippen molar-refractivity contribution in [1.29, 1.82) is 0 Å². The van der Waals surface area contributed by atoms with Gasteiger partial charge in [0, 0.05) is 35.9 Å². The van der Waals surface area contributed by atoms with Gasteiger partial charge in [0.25, 0.3) is 5.91 Å². The summed E-state index contributed by atoms with van der Waals surface area (Å²) in [6.45, 7) is 9.58. The number of aryl methyl sites for hydroxylation is 1. The average molecular weight is 569 g/mol. The van der Waals surface area contributed by atoms with Gasteiger partial charge in [0.05, 0.1) is 15.7 Å². The van der Waals surface area contributed by atoms with Crippen LogP contribution >= 0.6 is 23.2 Å². The van der Waals surface area contributed by atoms with Crippen molar-refractivity contribution in [1.82, 2.24) is 24.9 Å². The molecule has 4 aromatic rings. The van der Waals surface area contributed by atoms with Gasteiger partial charge >= 0.3 is 0 Å². The van der Waals surface area contributed by atoms with E-state index >= 15 is 4.39 Å². The first kappa shape index (κ1) is 26.4. The fraction of sp³-hybridized carbons (Fsp3) is 0.154. The van der Waals surface area contributed by atoms with Gasteiger partial charge in [-0.15, -0.1) is 0 Å². The molecule has 1 amide bonds. The predicted octanol–water partition coefficient (Wildman–Crippen LogP) is 3.17. The zero-order valence-electron chi connectivity index (χ0n) is 20.9. The summed E-state index contributed by atoms with van der Waals surface area (Å²) in [4.78, 5) is 26.6. The topological polar surface area (TPSA) is 110 Å². The molecule has 0 fully saturated rings. The van der Waals surface area contributed by atoms with Crippen LogP contribution in [0.3, 0.4) is 0 Å². The van der Waals surface area contributed by atoms with Crippen molar-refractivity contribution in [2.45, 2.75) is 19.7 Å². The van der Waals surface area contributed by atoms with Gasteiger partial charge in [0.1, 0.15) is 5.82 Å². The molecule has 1 atom stereocenters. The highest BCUT2D eigenvalue weighted by molar-refractivity contribution is 6.38. The van der Waals surface area contributed by atoms with Crippen LogP contribution in [-0.2, 0) is 18.4 Å². The first-order chi connectivity index (χ1) is 18.6. The van der Waals surface area contributed by atoms with Crippen molar-refractivity contribution in [3.63, 3.8) is 0 Å². The Kier molecular flexibility index (Phi) is 7.13. The summed E-state index contributed by atoms with van der Waals surface area (Å²) in [6, 6.07) is 9.62. The van der Waals surface area contributed by atoms with Crippen molar-refractivity contribution in [2.24, 2.45) is 12.0 Å². The lowest BCUT2D eigenvalue weighted by molar-refractivity contribution is 0.0504. The number of carbonyl (C=O) groups is 1. The molecule has 3 N–H and O–H groups in total. The molecule has 39 heavy (non-hydrogen) atoms. The number of benzene rings is 2. The molecular weight excluding hydrogens is 546 g/mol. The number of rotatable bonds is 7. The van der Waals surface area contributed by atoms with E-state index in [4.69, 9.17) is 28.0 Å². The van der Waals surface area contributed by atoms with E-state index < -0.39 is 18.0 Å². The number of anilines is 1. The van der Waals surface area contributed by atoms with Crippen molar-refractivity contribution in [2.75, 3.05) is 10.7 Å². The third kappa shape index (κ3) is 5.37. The lowest BCUT2D eigenvalue weighted by Gasteiger charge is -2.14. The molecule has 1 aliphatic rings. The Morgan fingerprint density at radius 3 is 2.69 bits per heavy atom. The van der Waals surface area contributed by atoms with Gasteiger partial charge in [-0.05, 0) is 42.3 Å². The van der Waals surface area contributed by atoms with Crippen LogP contribution in [0.1, 0.15) is 28.5 Å². The number of nitrogens with zero attached hydrogens (tertiary/aromatic N) is 5. The van der Waals surface area contributed by atoms with Gasteiger partial charge in [-0.2, -0.15) is 5.10 Å². The number of halogens is 3. The van der Waals surface area contributed by atoms with Crippen LogP contribution in [0.15, 0.2) is 47.6 Å². The van der Waals surface area contributed by atoms with Crippen LogP contribution in [0.5, 0.6) is 0 Å². The summed E-state index contributed by atoms with van der Waals surface area (Å²) in [5.41, 5.74) is 7.69. The van der Waals surface area contributed by atoms with Gasteiger partial charge in [-0.3, -0.25) is 14.9 Å². The molecule has 0 bridgehead atoms. The Labute approximate surface area is 232 Å². The summed E-state index contributed by atoms with van der Waals surface area (Å²) in [5, 5.41) is 8.58. The summed E-state index contributed by atoms with van der Waals surface area (Å²) in [6.07, 6.45) is 1.25. The van der Waals surface area contributed by atoms with Crippen LogP contribution in [0.2, 0.25) is 10.0 Å². The van der Waals surface area contributed by atoms with Crippen molar-refractivity contribution < 1.29 is 14.0 Å². The zero-order valence-corrected chi connectivity index (χ0v) is 22.4. The van der Waals surface area contributed by atoms with Gasteiger partial charge in [0.2, 0.25) is 5.95 Å². The molecule has 0 saturated heterocycles. The quantitative estimate of drug-likeness (QED) is 0.316. The molecule has 2 aromatic carbocycles. The molecule has 2 aromatic heterocycles. The molecule has 0 radical (unpaired) electrons. The van der Waals surface area contributed by atoms with Crippen molar-refractivity contribution in [3.8, 4) is 11.1 Å². The molecule has 1 aliphatic heterocycles. The first-order valence-electron chi connectivity index (χ1n) is 11.7. The smallest absolute Gasteiger partial charge is 0.290 e. The fourth-order valence-corrected chi connectivity index (χ4v) is 4.58. The Hall–Kier alpha value is -4.19. The van der Waals surface area contributed by atoms with E-state index in [1.54, 1.807) is 50.5 Å². The number of amides is 1. The third-order valence-electron chi connectivity index (χ3n) is 5.95. The summed E-state index contributed by atoms with van der Waals surface area (Å²) in [5.74, 6) is -0.277. The van der Waals surface area contributed by atoms with E-state index in [1.807, 2.05) is 0 Å². The number of hydrogen-bond acceptors (Lipinski definition) is 7. The van der Waals surface area contributed by atoms with Crippen LogP contribution in [0, 0.1) is 5.82 Å². The van der Waals surface area contributed by atoms with Crippen LogP contribution in [-0.4, -0.2) is 37.4 Å². The maximum absolute atomic E-state index is 15.3. The second kappa shape index (κ2) is 10.5. The number of hydrogen-bond donors (Lipinski definition) is 3. The van der Waals surface area contributed by atoms with E-state index in [1.165, 1.54) is 15.4 Å². The number of nitrogens with one attached hydrogen (secondary N) is 3. The molecule has 0 saturated carbocycles. The number of carbonyl (C=O) groups excluding carboxylic acids is 1. The number of imidazole rings is 1. The van der Waals surface area contributed by atoms with E-state index in [0.29, 0.717) is 48.8 Å². The van der Waals surface area contributed by atoms with E-state index in [2.05, 4.69) is 44.5 Å². The Bertz CT molecular complexity index is 1730. The van der Waals surface area contributed by atoms with Gasteiger partial charge in [-0.1, -0.05) is 48.5 Å². The number of hydroxylamine groups is 1. The molecule has 0 spiro atoms. The van der Waals surface area contributed by atoms with Gasteiger partial charge < -0.3 is 5.32 Å². The van der Waals surface area contributed by atoms with Crippen molar-refractivity contribution >= 4 is 54.1 Å². The Morgan fingerprint density at radius 2 is 2.03 bits per heavy atom. The van der Waals surface area contributed by atoms with E-state index in [9.17, 15) is 4.79 Å². The van der Waals surface area contributed by atoms with Gasteiger partial charge in [-0.25, -0.2) is 29.4 Å². The maximum Gasteiger partial charge on any atom is 0.290 e. The lowest BCUT2D eigenvalue weighted by Crippen LogP contribution is -2.36. The Morgan fingerprint density at radius 1 is 1.23 bits per heavy atom. The zero-order chi connectivity index (χ0) is 27.8. The Balaban J connectivity index is 1.39. The summed E-state index contributed by atoms with van der Waals surface area (Å²) >= 11 is 12.8. The van der Waals surface area contributed by atoms with Gasteiger partial charge in [0.15, 0.2) is 17.8 Å². The molecule has 1 unspecified atom stereocenters. The number of aromatic nitrogens is 4. The maximum atomic E-state index is 15.3. The first-order valence-corrected chi connectivity index (χ1v) is 12.5. The molecule has 13 heteroatoms. The SMILES string of the molecule is C=c1nc(NCc2ccc(-c3cc(Cl)cc(Cl)c3C3=NC(C)ON3)cc2F)n(NC(=O)c2ccn(C)n2)c1=C. The standard InChI is InChI=1S/C26H23Cl2FN8O2/c1-13-14(2)37(34-25(38)22-7-8-36(4)33-22)26(31-13)30-12-17-6-5-16(9-21(17)29)19-10-18(27)11-20(28)23(19)24-32-15(3)39-35-24/h5-11,15H,1-2,12H2,3-4H3,(H,30,31)(H,32,35)(H,34,38). The number of aliphatic imine (C=N–C) groups is 1. The summed E-state index contributed by atoms with van der Waals surface area (Å²) < 4.78 is 18.2. The molecule has 0 aliphatic carbocycles. The molecular formula is C26H23Cl2FN8O2. The highest BCUT2D eigenvalue weighted by Crippen LogP contribution is 2.34. The normalized spacial score (nSPS) is 14.7.